The van der Waals surface area contributed by atoms with Crippen molar-refractivity contribution in [2.45, 2.75) is 39.7 Å². The highest BCUT2D eigenvalue weighted by Crippen LogP contribution is 2.32. The first-order valence-corrected chi connectivity index (χ1v) is 7.95. The van der Waals surface area contributed by atoms with Crippen LogP contribution in [0, 0.1) is 6.92 Å². The second-order valence-corrected chi connectivity index (χ2v) is 6.60. The van der Waals surface area contributed by atoms with Crippen LogP contribution in [0.3, 0.4) is 0 Å². The molecule has 1 unspecified atom stereocenters. The molecule has 22 heavy (non-hydrogen) atoms. The van der Waals surface area contributed by atoms with Crippen LogP contribution in [-0.2, 0) is 0 Å². The Balaban J connectivity index is 2.27. The molecule has 0 aliphatic heterocycles. The van der Waals surface area contributed by atoms with Gasteiger partial charge in [0.1, 0.15) is 0 Å². The van der Waals surface area contributed by atoms with E-state index in [-0.39, 0.29) is 23.5 Å². The van der Waals surface area contributed by atoms with Gasteiger partial charge in [-0.15, -0.1) is 11.3 Å². The first kappa shape index (κ1) is 16.4. The van der Waals surface area contributed by atoms with Crippen LogP contribution in [0.2, 0.25) is 0 Å². The molecule has 6 nitrogen and oxygen atoms in total. The van der Waals surface area contributed by atoms with Gasteiger partial charge in [0.25, 0.3) is 5.91 Å². The van der Waals surface area contributed by atoms with Gasteiger partial charge in [0, 0.05) is 30.2 Å². The summed E-state index contributed by atoms with van der Waals surface area (Å²) in [5.41, 5.74) is 6.89. The highest BCUT2D eigenvalue weighted by atomic mass is 32.1. The molecule has 7 heteroatoms. The van der Waals surface area contributed by atoms with Crippen molar-refractivity contribution in [3.05, 3.63) is 33.7 Å². The maximum atomic E-state index is 12.6. The van der Waals surface area contributed by atoms with Gasteiger partial charge in [-0.1, -0.05) is 13.8 Å². The van der Waals surface area contributed by atoms with Crippen molar-refractivity contribution in [3.8, 4) is 0 Å². The maximum absolute atomic E-state index is 12.6. The molecule has 2 rings (SSSR count). The van der Waals surface area contributed by atoms with Crippen molar-refractivity contribution in [1.29, 1.82) is 0 Å². The van der Waals surface area contributed by atoms with Crippen molar-refractivity contribution in [2.24, 2.45) is 0 Å². The molecule has 1 atom stereocenters. The van der Waals surface area contributed by atoms with Gasteiger partial charge < -0.3 is 10.6 Å². The standard InChI is InChI=1S/C15H21N5OS/c1-8(2)14-19-9(3)12(22-14)10(4)20(5)15(21)11-13(16)18-7-6-17-11/h6-8,10H,1-5H3,(H2,16,18). The summed E-state index contributed by atoms with van der Waals surface area (Å²) in [4.78, 5) is 27.8. The third-order valence-electron chi connectivity index (χ3n) is 3.55. The van der Waals surface area contributed by atoms with E-state index < -0.39 is 0 Å². The van der Waals surface area contributed by atoms with Gasteiger partial charge in [0.05, 0.1) is 16.7 Å². The number of thiazole rings is 1. The lowest BCUT2D eigenvalue weighted by Gasteiger charge is -2.24. The van der Waals surface area contributed by atoms with Crippen molar-refractivity contribution >= 4 is 23.1 Å². The molecule has 118 valence electrons. The predicted octanol–water partition coefficient (Wildman–Crippen LogP) is 2.78. The number of hydrogen-bond acceptors (Lipinski definition) is 6. The molecule has 2 aromatic rings. The quantitative estimate of drug-likeness (QED) is 0.936. The number of hydrogen-bond donors (Lipinski definition) is 1. The summed E-state index contributed by atoms with van der Waals surface area (Å²) in [5, 5.41) is 1.08. The number of aryl methyl sites for hydroxylation is 1. The largest absolute Gasteiger partial charge is 0.382 e. The Labute approximate surface area is 134 Å². The number of nitrogens with two attached hydrogens (primary N) is 1. The van der Waals surface area contributed by atoms with E-state index in [1.807, 2.05) is 13.8 Å². The molecular formula is C15H21N5OS. The SMILES string of the molecule is Cc1nc(C(C)C)sc1C(C)N(C)C(=O)c1nccnc1N. The smallest absolute Gasteiger partial charge is 0.276 e. The van der Waals surface area contributed by atoms with Gasteiger partial charge in [-0.25, -0.2) is 15.0 Å². The van der Waals surface area contributed by atoms with Crippen LogP contribution in [-0.4, -0.2) is 32.8 Å². The summed E-state index contributed by atoms with van der Waals surface area (Å²) in [6.07, 6.45) is 2.94. The normalized spacial score (nSPS) is 12.5. The van der Waals surface area contributed by atoms with Crippen molar-refractivity contribution < 1.29 is 4.79 Å². The first-order chi connectivity index (χ1) is 10.3. The van der Waals surface area contributed by atoms with Crippen LogP contribution in [0.15, 0.2) is 12.4 Å². The van der Waals surface area contributed by atoms with Crippen LogP contribution in [0.5, 0.6) is 0 Å². The number of aromatic nitrogens is 3. The monoisotopic (exact) mass is 319 g/mol. The minimum Gasteiger partial charge on any atom is -0.382 e. The third kappa shape index (κ3) is 3.09. The fourth-order valence-electron chi connectivity index (χ4n) is 2.10. The average molecular weight is 319 g/mol. The van der Waals surface area contributed by atoms with E-state index in [0.717, 1.165) is 15.6 Å². The second kappa shape index (κ2) is 6.39. The summed E-state index contributed by atoms with van der Waals surface area (Å²) < 4.78 is 0. The van der Waals surface area contributed by atoms with E-state index in [1.54, 1.807) is 23.3 Å². The average Bonchev–Trinajstić information content (AvgIpc) is 2.88. The molecule has 0 aliphatic rings. The zero-order valence-corrected chi connectivity index (χ0v) is 14.3. The molecule has 0 saturated heterocycles. The van der Waals surface area contributed by atoms with Crippen LogP contribution in [0.4, 0.5) is 5.82 Å². The van der Waals surface area contributed by atoms with Gasteiger partial charge in [-0.3, -0.25) is 4.79 Å². The highest BCUT2D eigenvalue weighted by Gasteiger charge is 2.25. The summed E-state index contributed by atoms with van der Waals surface area (Å²) >= 11 is 1.65. The minimum atomic E-state index is -0.239. The first-order valence-electron chi connectivity index (χ1n) is 7.13. The van der Waals surface area contributed by atoms with Crippen molar-refractivity contribution in [1.82, 2.24) is 19.9 Å². The Morgan fingerprint density at radius 3 is 2.45 bits per heavy atom. The van der Waals surface area contributed by atoms with E-state index in [9.17, 15) is 4.79 Å². The summed E-state index contributed by atoms with van der Waals surface area (Å²) in [7, 11) is 1.75. The van der Waals surface area contributed by atoms with Crippen LogP contribution < -0.4 is 5.73 Å². The van der Waals surface area contributed by atoms with Crippen LogP contribution in [0.1, 0.15) is 58.8 Å². The van der Waals surface area contributed by atoms with Crippen molar-refractivity contribution in [3.63, 3.8) is 0 Å². The van der Waals surface area contributed by atoms with E-state index in [2.05, 4.69) is 28.8 Å². The molecule has 0 aliphatic carbocycles. The Hall–Kier alpha value is -2.02. The number of nitrogens with zero attached hydrogens (tertiary/aromatic N) is 4. The van der Waals surface area contributed by atoms with Gasteiger partial charge in [0.15, 0.2) is 11.5 Å². The zero-order valence-electron chi connectivity index (χ0n) is 13.5. The fourth-order valence-corrected chi connectivity index (χ4v) is 3.26. The Kier molecular flexibility index (Phi) is 4.75. The lowest BCUT2D eigenvalue weighted by molar-refractivity contribution is 0.0739. The molecule has 0 fully saturated rings. The van der Waals surface area contributed by atoms with E-state index in [1.165, 1.54) is 12.4 Å². The van der Waals surface area contributed by atoms with Gasteiger partial charge in [0.2, 0.25) is 0 Å². The second-order valence-electron chi connectivity index (χ2n) is 5.54. The molecule has 0 bridgehead atoms. The topological polar surface area (TPSA) is 85.0 Å². The number of nitrogen functional groups attached to an aromatic ring is 1. The molecule has 2 aromatic heterocycles. The number of carbonyl (C=O) groups excluding carboxylic acids is 1. The molecule has 0 radical (unpaired) electrons. The maximum Gasteiger partial charge on any atom is 0.276 e. The molecule has 1 amide bonds. The Morgan fingerprint density at radius 1 is 1.27 bits per heavy atom. The Morgan fingerprint density at radius 2 is 1.91 bits per heavy atom. The number of amides is 1. The number of anilines is 1. The highest BCUT2D eigenvalue weighted by molar-refractivity contribution is 7.11. The lowest BCUT2D eigenvalue weighted by Crippen LogP contribution is -2.31. The van der Waals surface area contributed by atoms with E-state index in [0.29, 0.717) is 5.92 Å². The van der Waals surface area contributed by atoms with Crippen LogP contribution in [0.25, 0.3) is 0 Å². The van der Waals surface area contributed by atoms with Crippen molar-refractivity contribution in [2.75, 3.05) is 12.8 Å². The fraction of sp³-hybridized carbons (Fsp3) is 0.467. The summed E-state index contributed by atoms with van der Waals surface area (Å²) in [6.45, 7) is 8.18. The molecule has 2 N–H and O–H groups in total. The predicted molar refractivity (Wildman–Crippen MR) is 87.9 cm³/mol. The molecule has 0 saturated carbocycles. The number of rotatable bonds is 4. The zero-order chi connectivity index (χ0) is 16.4. The van der Waals surface area contributed by atoms with Crippen LogP contribution >= 0.6 is 11.3 Å². The lowest BCUT2D eigenvalue weighted by atomic mass is 10.2. The summed E-state index contributed by atoms with van der Waals surface area (Å²) in [5.74, 6) is 0.286. The summed E-state index contributed by atoms with van der Waals surface area (Å²) in [6, 6.07) is -0.0982. The molecular weight excluding hydrogens is 298 g/mol. The third-order valence-corrected chi connectivity index (χ3v) is 5.18. The van der Waals surface area contributed by atoms with E-state index in [4.69, 9.17) is 5.73 Å². The minimum absolute atomic E-state index is 0.0982. The van der Waals surface area contributed by atoms with Gasteiger partial charge >= 0.3 is 0 Å². The van der Waals surface area contributed by atoms with Gasteiger partial charge in [-0.2, -0.15) is 0 Å². The van der Waals surface area contributed by atoms with Gasteiger partial charge in [-0.05, 0) is 13.8 Å². The van der Waals surface area contributed by atoms with E-state index >= 15 is 0 Å². The molecule has 2 heterocycles. The molecule has 0 aromatic carbocycles. The Bertz CT molecular complexity index is 682. The molecule has 0 spiro atoms. The number of carbonyl (C=O) groups is 1.